The molecule has 16 fully saturated rings. The van der Waals surface area contributed by atoms with Crippen molar-refractivity contribution in [3.8, 4) is 0 Å². The molecule has 8 atom stereocenters. The van der Waals surface area contributed by atoms with Gasteiger partial charge in [0.2, 0.25) is 0 Å². The number of carbonyl (C=O) groups is 1. The maximum absolute atomic E-state index is 11.9. The summed E-state index contributed by atoms with van der Waals surface area (Å²) >= 11 is 0. The van der Waals surface area contributed by atoms with E-state index in [1.165, 1.54) is 103 Å². The maximum Gasteiger partial charge on any atom is 0.309 e. The molecular weight excluding hydrogens is 853 g/mol. The van der Waals surface area contributed by atoms with Gasteiger partial charge in [-0.2, -0.15) is 0 Å². The molecule has 0 aromatic heterocycles. The van der Waals surface area contributed by atoms with Gasteiger partial charge >= 0.3 is 5.97 Å². The summed E-state index contributed by atoms with van der Waals surface area (Å²) in [5.74, 6) is 12.7. The first-order valence-corrected chi connectivity index (χ1v) is 30.5. The molecule has 8 unspecified atom stereocenters. The molecular formula is C63H108O6. The molecule has 69 heavy (non-hydrogen) atoms. The van der Waals surface area contributed by atoms with E-state index >= 15 is 0 Å². The Kier molecular flexibility index (Phi) is 16.6. The molecule has 0 N–H and O–H groups in total. The molecule has 14 aliphatic carbocycles. The van der Waals surface area contributed by atoms with Crippen LogP contribution in [0.2, 0.25) is 0 Å². The maximum atomic E-state index is 11.9. The summed E-state index contributed by atoms with van der Waals surface area (Å²) in [6, 6.07) is 0. The van der Waals surface area contributed by atoms with E-state index in [1.807, 2.05) is 0 Å². The second-order valence-corrected chi connectivity index (χ2v) is 29.8. The first-order chi connectivity index (χ1) is 32.7. The van der Waals surface area contributed by atoms with Crippen LogP contribution in [0.4, 0.5) is 0 Å². The van der Waals surface area contributed by atoms with Crippen LogP contribution in [0, 0.1) is 99.6 Å². The predicted molar refractivity (Wildman–Crippen MR) is 281 cm³/mol. The van der Waals surface area contributed by atoms with Gasteiger partial charge < -0.3 is 23.7 Å². The first kappa shape index (κ1) is 53.1. The second kappa shape index (κ2) is 21.5. The van der Waals surface area contributed by atoms with Crippen molar-refractivity contribution in [3.05, 3.63) is 0 Å². The number of carbonyl (C=O) groups excluding carboxylic acids is 1. The van der Waals surface area contributed by atoms with Crippen molar-refractivity contribution < 1.29 is 28.5 Å². The Morgan fingerprint density at radius 1 is 0.406 bits per heavy atom. The zero-order chi connectivity index (χ0) is 49.0. The van der Waals surface area contributed by atoms with Crippen LogP contribution in [-0.2, 0) is 28.5 Å². The molecule has 0 aromatic rings. The monoisotopic (exact) mass is 961 g/mol. The molecule has 0 radical (unpaired) electrons. The number of rotatable bonds is 15. The summed E-state index contributed by atoms with van der Waals surface area (Å²) < 4.78 is 30.7. The minimum Gasteiger partial charge on any atom is -0.462 e. The van der Waals surface area contributed by atoms with E-state index in [0.717, 1.165) is 98.6 Å². The Labute approximate surface area is 424 Å². The summed E-state index contributed by atoms with van der Waals surface area (Å²) in [5, 5.41) is 0. The highest BCUT2D eigenvalue weighted by atomic mass is 16.6. The molecule has 6 heteroatoms. The zero-order valence-corrected chi connectivity index (χ0v) is 46.9. The zero-order valence-electron chi connectivity index (χ0n) is 46.9. The van der Waals surface area contributed by atoms with Crippen LogP contribution < -0.4 is 0 Å². The molecule has 14 saturated carbocycles. The SMILES string of the molecule is CC(C)C(C)OC12CC3CC(C1)OC(=O)C(C3)C2.CC(C)C(C)OC12CC3CC(CC(C3)C1)C2.CC(C)C(C)OCC12CC3CC(CC(C3)C1)C2.CC(C)C(C)OCCC12CC3CC(CC(C3)C1)C2. The van der Waals surface area contributed by atoms with E-state index in [2.05, 4.69) is 83.1 Å². The molecule has 2 saturated heterocycles. The van der Waals surface area contributed by atoms with E-state index in [4.69, 9.17) is 23.7 Å². The Morgan fingerprint density at radius 3 is 1.16 bits per heavy atom. The van der Waals surface area contributed by atoms with E-state index in [0.29, 0.717) is 64.3 Å². The van der Waals surface area contributed by atoms with Gasteiger partial charge in [-0.25, -0.2) is 0 Å². The van der Waals surface area contributed by atoms with Crippen molar-refractivity contribution in [2.24, 2.45) is 99.6 Å². The fraction of sp³-hybridized carbons (Fsp3) is 0.984. The summed E-state index contributed by atoms with van der Waals surface area (Å²) in [6.45, 7) is 29.0. The van der Waals surface area contributed by atoms with Gasteiger partial charge in [-0.3, -0.25) is 4.79 Å². The van der Waals surface area contributed by atoms with Crippen molar-refractivity contribution >= 4 is 5.97 Å². The minimum atomic E-state index is -0.0770. The highest BCUT2D eigenvalue weighted by Crippen LogP contribution is 2.63. The number of hydrogen-bond donors (Lipinski definition) is 0. The Hall–Kier alpha value is -0.690. The van der Waals surface area contributed by atoms with Crippen molar-refractivity contribution in [1.29, 1.82) is 0 Å². The molecule has 2 heterocycles. The van der Waals surface area contributed by atoms with E-state index in [-0.39, 0.29) is 29.7 Å². The lowest BCUT2D eigenvalue weighted by Gasteiger charge is -2.57. The van der Waals surface area contributed by atoms with Gasteiger partial charge in [-0.05, 0) is 269 Å². The molecule has 2 aliphatic heterocycles. The van der Waals surface area contributed by atoms with Gasteiger partial charge in [-0.1, -0.05) is 55.4 Å². The lowest BCUT2D eigenvalue weighted by molar-refractivity contribution is -0.191. The molecule has 0 spiro atoms. The molecule has 6 nitrogen and oxygen atoms in total. The van der Waals surface area contributed by atoms with Crippen LogP contribution in [0.3, 0.4) is 0 Å². The van der Waals surface area contributed by atoms with Gasteiger partial charge in [0.05, 0.1) is 48.1 Å². The smallest absolute Gasteiger partial charge is 0.309 e. The highest BCUT2D eigenvalue weighted by molar-refractivity contribution is 5.73. The number of ether oxygens (including phenoxy) is 5. The third-order valence-corrected chi connectivity index (χ3v) is 22.3. The summed E-state index contributed by atoms with van der Waals surface area (Å²) in [7, 11) is 0. The van der Waals surface area contributed by atoms with Crippen molar-refractivity contribution in [1.82, 2.24) is 0 Å². The minimum absolute atomic E-state index is 0.0323. The summed E-state index contributed by atoms with van der Waals surface area (Å²) in [6.07, 6.45) is 35.0. The average Bonchev–Trinajstić information content (AvgIpc) is 3.40. The number of esters is 1. The second-order valence-electron chi connectivity index (χ2n) is 29.8. The van der Waals surface area contributed by atoms with Crippen LogP contribution in [0.25, 0.3) is 0 Å². The Bertz CT molecular complexity index is 1570. The summed E-state index contributed by atoms with van der Waals surface area (Å²) in [4.78, 5) is 11.9. The predicted octanol–water partition coefficient (Wildman–Crippen LogP) is 15.9. The van der Waals surface area contributed by atoms with Crippen LogP contribution in [0.1, 0.15) is 237 Å². The van der Waals surface area contributed by atoms with Gasteiger partial charge in [0.1, 0.15) is 6.10 Å². The van der Waals surface area contributed by atoms with E-state index in [1.54, 1.807) is 19.3 Å². The Balaban J connectivity index is 0.000000115. The van der Waals surface area contributed by atoms with Crippen LogP contribution >= 0.6 is 0 Å². The van der Waals surface area contributed by atoms with Crippen molar-refractivity contribution in [2.45, 2.75) is 279 Å². The van der Waals surface area contributed by atoms with E-state index < -0.39 is 0 Å². The van der Waals surface area contributed by atoms with Crippen LogP contribution in [0.15, 0.2) is 0 Å². The van der Waals surface area contributed by atoms with Crippen molar-refractivity contribution in [2.75, 3.05) is 13.2 Å². The average molecular weight is 962 g/mol. The molecule has 0 aromatic carbocycles. The molecule has 16 aliphatic rings. The highest BCUT2D eigenvalue weighted by Gasteiger charge is 2.56. The standard InChI is InChI=1S/C17H30O.C16H28O.C15H24O3.C15H26O/c1-12(2)13(3)18-5-4-17-9-14-6-15(10-17)8-16(7-14)11-17;1-11(2)12(3)17-10-16-7-13-4-14(8-16)6-15(5-13)9-16;1-9(2)10(3)18-15-6-11-4-12(7-15)14(16)17-13(5-11)8-15;1-10(2)11(3)16-15-7-12-4-13(8-15)6-14(5-12)9-15/h12-16H,4-11H2,1-3H3;11-15H,4-10H2,1-3H3;9-13H,4-8H2,1-3H3;10-14H,4-9H2,1-3H3. The number of hydrogen-bond acceptors (Lipinski definition) is 6. The topological polar surface area (TPSA) is 63.2 Å². The fourth-order valence-electron chi connectivity index (χ4n) is 19.0. The van der Waals surface area contributed by atoms with Crippen molar-refractivity contribution in [3.63, 3.8) is 0 Å². The largest absolute Gasteiger partial charge is 0.462 e. The molecule has 16 bridgehead atoms. The lowest BCUT2D eigenvalue weighted by atomic mass is 9.49. The first-order valence-electron chi connectivity index (χ1n) is 30.5. The third kappa shape index (κ3) is 12.7. The lowest BCUT2D eigenvalue weighted by Crippen LogP contribution is -2.53. The third-order valence-electron chi connectivity index (χ3n) is 22.3. The normalized spacial score (nSPS) is 45.1. The van der Waals surface area contributed by atoms with Gasteiger partial charge in [0.25, 0.3) is 0 Å². The molecule has 16 rings (SSSR count). The van der Waals surface area contributed by atoms with Gasteiger partial charge in [0.15, 0.2) is 0 Å². The molecule has 0 amide bonds. The number of fused-ring (bicyclic) bond motifs is 1. The van der Waals surface area contributed by atoms with Gasteiger partial charge in [0, 0.05) is 13.0 Å². The van der Waals surface area contributed by atoms with E-state index in [9.17, 15) is 4.79 Å². The Morgan fingerprint density at radius 2 is 0.754 bits per heavy atom. The quantitative estimate of drug-likeness (QED) is 0.152. The fourth-order valence-corrected chi connectivity index (χ4v) is 19.0. The van der Waals surface area contributed by atoms with Crippen LogP contribution in [-0.4, -0.2) is 60.9 Å². The summed E-state index contributed by atoms with van der Waals surface area (Å²) in [5.41, 5.74) is 1.52. The van der Waals surface area contributed by atoms with Crippen LogP contribution in [0.5, 0.6) is 0 Å². The molecule has 396 valence electrons. The van der Waals surface area contributed by atoms with Gasteiger partial charge in [-0.15, -0.1) is 0 Å².